The molecule has 0 saturated heterocycles. The Hall–Kier alpha value is -2.08. The summed E-state index contributed by atoms with van der Waals surface area (Å²) in [5, 5.41) is 15.3. The summed E-state index contributed by atoms with van der Waals surface area (Å²) < 4.78 is 11.5. The summed E-state index contributed by atoms with van der Waals surface area (Å²) in [6.07, 6.45) is 0. The molecule has 0 aromatic heterocycles. The molecule has 5 nitrogen and oxygen atoms in total. The largest absolute Gasteiger partial charge is 0.493 e. The van der Waals surface area contributed by atoms with Gasteiger partial charge in [0.1, 0.15) is 6.61 Å². The van der Waals surface area contributed by atoms with E-state index in [1.165, 1.54) is 5.56 Å². The van der Waals surface area contributed by atoms with E-state index in [-0.39, 0.29) is 6.61 Å². The average Bonchev–Trinajstić information content (AvgIpc) is 2.64. The zero-order chi connectivity index (χ0) is 17.9. The second-order valence-corrected chi connectivity index (χ2v) is 5.87. The Morgan fingerprint density at radius 2 is 1.72 bits per heavy atom. The second-order valence-electron chi connectivity index (χ2n) is 5.87. The van der Waals surface area contributed by atoms with Crippen LogP contribution in [0.3, 0.4) is 0 Å². The van der Waals surface area contributed by atoms with Crippen molar-refractivity contribution in [3.8, 4) is 11.5 Å². The van der Waals surface area contributed by atoms with Gasteiger partial charge in [-0.25, -0.2) is 0 Å². The summed E-state index contributed by atoms with van der Waals surface area (Å²) in [5.74, 6) is 1.52. The van der Waals surface area contributed by atoms with E-state index in [0.717, 1.165) is 35.7 Å². The van der Waals surface area contributed by atoms with E-state index in [1.54, 1.807) is 7.11 Å². The van der Waals surface area contributed by atoms with E-state index >= 15 is 0 Å². The number of aliphatic hydroxyl groups is 1. The van der Waals surface area contributed by atoms with Crippen molar-refractivity contribution in [2.75, 3.05) is 33.4 Å². The molecular formula is C20H28N2O3. The number of hydrogen-bond donors (Lipinski definition) is 3. The third kappa shape index (κ3) is 6.38. The van der Waals surface area contributed by atoms with E-state index in [4.69, 9.17) is 14.6 Å². The fourth-order valence-electron chi connectivity index (χ4n) is 2.47. The zero-order valence-electron chi connectivity index (χ0n) is 15.0. The summed E-state index contributed by atoms with van der Waals surface area (Å²) in [5.41, 5.74) is 3.43. The Balaban J connectivity index is 1.96. The molecule has 0 heterocycles. The van der Waals surface area contributed by atoms with Crippen LogP contribution in [0, 0.1) is 6.92 Å². The van der Waals surface area contributed by atoms with E-state index in [2.05, 4.69) is 41.8 Å². The highest BCUT2D eigenvalue weighted by Gasteiger charge is 2.10. The summed E-state index contributed by atoms with van der Waals surface area (Å²) in [7, 11) is 1.66. The van der Waals surface area contributed by atoms with Crippen molar-refractivity contribution in [1.82, 2.24) is 10.6 Å². The summed E-state index contributed by atoms with van der Waals surface area (Å²) in [4.78, 5) is 0. The van der Waals surface area contributed by atoms with Crippen LogP contribution in [0.1, 0.15) is 16.7 Å². The molecule has 0 aliphatic heterocycles. The number of methoxy groups -OCH3 is 1. The number of rotatable bonds is 11. The molecule has 0 atom stereocenters. The Kier molecular flexibility index (Phi) is 8.25. The molecule has 0 unspecified atom stereocenters. The Bertz CT molecular complexity index is 629. The predicted molar refractivity (Wildman–Crippen MR) is 100 cm³/mol. The maximum atomic E-state index is 8.75. The van der Waals surface area contributed by atoms with Crippen LogP contribution >= 0.6 is 0 Å². The molecule has 3 N–H and O–H groups in total. The minimum Gasteiger partial charge on any atom is -0.493 e. The molecule has 0 aliphatic rings. The highest BCUT2D eigenvalue weighted by atomic mass is 16.5. The predicted octanol–water partition coefficient (Wildman–Crippen LogP) is 2.25. The molecule has 0 aliphatic carbocycles. The van der Waals surface area contributed by atoms with Gasteiger partial charge in [0.15, 0.2) is 11.5 Å². The minimum absolute atomic E-state index is 0.160. The molecule has 5 heteroatoms. The van der Waals surface area contributed by atoms with Gasteiger partial charge >= 0.3 is 0 Å². The Morgan fingerprint density at radius 1 is 0.960 bits per heavy atom. The number of para-hydroxylation sites is 1. The third-order valence-electron chi connectivity index (χ3n) is 3.87. The van der Waals surface area contributed by atoms with Gasteiger partial charge in [-0.2, -0.15) is 0 Å². The van der Waals surface area contributed by atoms with Crippen LogP contribution in [0.25, 0.3) is 0 Å². The average molecular weight is 344 g/mol. The lowest BCUT2D eigenvalue weighted by Gasteiger charge is -2.16. The lowest BCUT2D eigenvalue weighted by molar-refractivity contribution is 0.280. The van der Waals surface area contributed by atoms with Crippen molar-refractivity contribution in [2.45, 2.75) is 20.1 Å². The summed E-state index contributed by atoms with van der Waals surface area (Å²) >= 11 is 0. The highest BCUT2D eigenvalue weighted by Crippen LogP contribution is 2.31. The van der Waals surface area contributed by atoms with Gasteiger partial charge in [-0.05, 0) is 18.6 Å². The molecular weight excluding hydrogens is 316 g/mol. The first-order chi connectivity index (χ1) is 12.2. The number of hydrogen-bond acceptors (Lipinski definition) is 5. The second kappa shape index (κ2) is 10.7. The Morgan fingerprint density at radius 3 is 2.44 bits per heavy atom. The maximum Gasteiger partial charge on any atom is 0.166 e. The third-order valence-corrected chi connectivity index (χ3v) is 3.87. The van der Waals surface area contributed by atoms with E-state index < -0.39 is 0 Å². The number of aryl methyl sites for hydroxylation is 1. The minimum atomic E-state index is 0.160. The maximum absolute atomic E-state index is 8.75. The number of nitrogens with one attached hydrogen (secondary N) is 2. The van der Waals surface area contributed by atoms with Crippen molar-refractivity contribution in [3.05, 3.63) is 59.2 Å². The monoisotopic (exact) mass is 344 g/mol. The van der Waals surface area contributed by atoms with E-state index in [9.17, 15) is 0 Å². The van der Waals surface area contributed by atoms with Crippen LogP contribution in [0.15, 0.2) is 42.5 Å². The molecule has 25 heavy (non-hydrogen) atoms. The molecule has 0 saturated carbocycles. The van der Waals surface area contributed by atoms with Gasteiger partial charge in [-0.3, -0.25) is 0 Å². The Labute approximate surface area is 150 Å². The molecule has 0 bridgehead atoms. The molecule has 136 valence electrons. The van der Waals surface area contributed by atoms with Crippen molar-refractivity contribution in [3.63, 3.8) is 0 Å². The van der Waals surface area contributed by atoms with Crippen molar-refractivity contribution in [1.29, 1.82) is 0 Å². The molecule has 0 radical (unpaired) electrons. The lowest BCUT2D eigenvalue weighted by Crippen LogP contribution is -2.28. The topological polar surface area (TPSA) is 62.8 Å². The molecule has 2 rings (SSSR count). The fraction of sp³-hybridized carbons (Fsp3) is 0.400. The first-order valence-corrected chi connectivity index (χ1v) is 8.61. The van der Waals surface area contributed by atoms with Gasteiger partial charge in [-0.15, -0.1) is 0 Å². The van der Waals surface area contributed by atoms with E-state index in [1.807, 2.05) is 18.2 Å². The van der Waals surface area contributed by atoms with Gasteiger partial charge in [0.05, 0.1) is 13.7 Å². The summed E-state index contributed by atoms with van der Waals surface area (Å²) in [6.45, 7) is 5.67. The molecule has 2 aromatic rings. The molecule has 2 aromatic carbocycles. The normalized spacial score (nSPS) is 10.7. The first kappa shape index (κ1) is 19.2. The molecule has 0 fully saturated rings. The van der Waals surface area contributed by atoms with Gasteiger partial charge in [0.2, 0.25) is 0 Å². The molecule has 0 amide bonds. The summed E-state index contributed by atoms with van der Waals surface area (Å²) in [6, 6.07) is 14.3. The van der Waals surface area contributed by atoms with Crippen molar-refractivity contribution in [2.24, 2.45) is 0 Å². The van der Waals surface area contributed by atoms with Gasteiger partial charge < -0.3 is 25.2 Å². The van der Waals surface area contributed by atoms with Gasteiger partial charge in [0.25, 0.3) is 0 Å². The first-order valence-electron chi connectivity index (χ1n) is 8.61. The fourth-order valence-corrected chi connectivity index (χ4v) is 2.47. The highest BCUT2D eigenvalue weighted by molar-refractivity contribution is 5.46. The SMILES string of the molecule is COc1cccc(CNCCNCCO)c1OCc1ccc(C)cc1. The van der Waals surface area contributed by atoms with Crippen LogP contribution < -0.4 is 20.1 Å². The standard InChI is InChI=1S/C20H28N2O3/c1-16-6-8-17(9-7-16)15-25-20-18(4-3-5-19(20)24-2)14-22-11-10-21-12-13-23/h3-9,21-23H,10-15H2,1-2H3. The van der Waals surface area contributed by atoms with Crippen LogP contribution in [0.4, 0.5) is 0 Å². The van der Waals surface area contributed by atoms with Gasteiger partial charge in [0, 0.05) is 31.7 Å². The number of ether oxygens (including phenoxy) is 2. The van der Waals surface area contributed by atoms with Crippen molar-refractivity contribution >= 4 is 0 Å². The quantitative estimate of drug-likeness (QED) is 0.546. The number of aliphatic hydroxyl groups excluding tert-OH is 1. The van der Waals surface area contributed by atoms with Gasteiger partial charge in [-0.1, -0.05) is 42.0 Å². The van der Waals surface area contributed by atoms with Crippen LogP contribution in [-0.2, 0) is 13.2 Å². The van der Waals surface area contributed by atoms with Crippen LogP contribution in [0.2, 0.25) is 0 Å². The number of benzene rings is 2. The van der Waals surface area contributed by atoms with E-state index in [0.29, 0.717) is 19.7 Å². The van der Waals surface area contributed by atoms with Crippen molar-refractivity contribution < 1.29 is 14.6 Å². The molecule has 0 spiro atoms. The van der Waals surface area contributed by atoms with Crippen LogP contribution in [0.5, 0.6) is 11.5 Å². The zero-order valence-corrected chi connectivity index (χ0v) is 15.0. The smallest absolute Gasteiger partial charge is 0.166 e. The van der Waals surface area contributed by atoms with Crippen LogP contribution in [-0.4, -0.2) is 38.5 Å². The lowest BCUT2D eigenvalue weighted by atomic mass is 10.1.